The van der Waals surface area contributed by atoms with E-state index < -0.39 is 29.6 Å². The SMILES string of the molecule is CCC(CC)(NC(=O)C(CCN(C)C)NC(=O)OCC1c2ccccc2-c2ccccc21)C(=O)O. The molecule has 3 N–H and O–H groups in total. The Morgan fingerprint density at radius 3 is 2.03 bits per heavy atom. The molecular formula is C27H35N3O5. The Labute approximate surface area is 206 Å². The van der Waals surface area contributed by atoms with Crippen LogP contribution in [0.4, 0.5) is 4.79 Å². The molecule has 2 amide bonds. The number of carboxylic acids is 1. The van der Waals surface area contributed by atoms with E-state index in [2.05, 4.69) is 22.8 Å². The lowest BCUT2D eigenvalue weighted by molar-refractivity contribution is -0.148. The van der Waals surface area contributed by atoms with E-state index in [0.717, 1.165) is 22.3 Å². The predicted molar refractivity (Wildman–Crippen MR) is 134 cm³/mol. The van der Waals surface area contributed by atoms with Gasteiger partial charge in [-0.25, -0.2) is 9.59 Å². The molecule has 188 valence electrons. The summed E-state index contributed by atoms with van der Waals surface area (Å²) in [7, 11) is 3.73. The first kappa shape index (κ1) is 26.2. The van der Waals surface area contributed by atoms with Crippen molar-refractivity contribution < 1.29 is 24.2 Å². The van der Waals surface area contributed by atoms with Gasteiger partial charge in [0.15, 0.2) is 0 Å². The van der Waals surface area contributed by atoms with Gasteiger partial charge in [0.2, 0.25) is 5.91 Å². The number of hydrogen-bond acceptors (Lipinski definition) is 5. The third kappa shape index (κ3) is 5.82. The minimum Gasteiger partial charge on any atom is -0.480 e. The number of aliphatic carboxylic acids is 1. The van der Waals surface area contributed by atoms with E-state index in [1.54, 1.807) is 13.8 Å². The highest BCUT2D eigenvalue weighted by Gasteiger charge is 2.38. The van der Waals surface area contributed by atoms with E-state index in [9.17, 15) is 19.5 Å². The summed E-state index contributed by atoms with van der Waals surface area (Å²) in [5, 5.41) is 15.0. The Morgan fingerprint density at radius 1 is 1.00 bits per heavy atom. The summed E-state index contributed by atoms with van der Waals surface area (Å²) in [6, 6.07) is 15.2. The molecular weight excluding hydrogens is 446 g/mol. The molecule has 2 aromatic rings. The van der Waals surface area contributed by atoms with Gasteiger partial charge in [0, 0.05) is 5.92 Å². The Hall–Kier alpha value is -3.39. The van der Waals surface area contributed by atoms with E-state index in [1.807, 2.05) is 55.4 Å². The minimum absolute atomic E-state index is 0.0953. The summed E-state index contributed by atoms with van der Waals surface area (Å²) < 4.78 is 5.60. The molecule has 0 fully saturated rings. The molecule has 0 heterocycles. The highest BCUT2D eigenvalue weighted by atomic mass is 16.5. The number of rotatable bonds is 11. The zero-order valence-corrected chi connectivity index (χ0v) is 20.8. The van der Waals surface area contributed by atoms with Crippen molar-refractivity contribution in [2.75, 3.05) is 27.2 Å². The summed E-state index contributed by atoms with van der Waals surface area (Å²) >= 11 is 0. The van der Waals surface area contributed by atoms with Crippen molar-refractivity contribution in [2.24, 2.45) is 0 Å². The van der Waals surface area contributed by atoms with Gasteiger partial charge in [0.25, 0.3) is 0 Å². The molecule has 1 atom stereocenters. The van der Waals surface area contributed by atoms with Crippen LogP contribution in [0.15, 0.2) is 48.5 Å². The zero-order chi connectivity index (χ0) is 25.6. The predicted octanol–water partition coefficient (Wildman–Crippen LogP) is 3.61. The number of ether oxygens (including phenoxy) is 1. The van der Waals surface area contributed by atoms with E-state index >= 15 is 0 Å². The topological polar surface area (TPSA) is 108 Å². The molecule has 0 saturated carbocycles. The molecule has 1 aliphatic carbocycles. The van der Waals surface area contributed by atoms with E-state index in [4.69, 9.17) is 4.74 Å². The quantitative estimate of drug-likeness (QED) is 0.453. The van der Waals surface area contributed by atoms with Gasteiger partial charge in [-0.15, -0.1) is 0 Å². The van der Waals surface area contributed by atoms with Crippen molar-refractivity contribution in [2.45, 2.75) is 50.6 Å². The third-order valence-corrected chi connectivity index (χ3v) is 6.80. The fourth-order valence-electron chi connectivity index (χ4n) is 4.54. The van der Waals surface area contributed by atoms with Crippen LogP contribution in [0.5, 0.6) is 0 Å². The molecule has 2 aromatic carbocycles. The maximum Gasteiger partial charge on any atom is 0.407 e. The second kappa shape index (κ2) is 11.4. The highest BCUT2D eigenvalue weighted by molar-refractivity contribution is 5.91. The Morgan fingerprint density at radius 2 is 1.54 bits per heavy atom. The fraction of sp³-hybridized carbons (Fsp3) is 0.444. The van der Waals surface area contributed by atoms with Crippen LogP contribution in [-0.4, -0.2) is 66.8 Å². The molecule has 0 aromatic heterocycles. The van der Waals surface area contributed by atoms with E-state index in [0.29, 0.717) is 13.0 Å². The van der Waals surface area contributed by atoms with Crippen LogP contribution in [0.25, 0.3) is 11.1 Å². The number of nitrogens with zero attached hydrogens (tertiary/aromatic N) is 1. The first-order valence-corrected chi connectivity index (χ1v) is 12.0. The number of alkyl carbamates (subject to hydrolysis) is 1. The van der Waals surface area contributed by atoms with Crippen molar-refractivity contribution in [3.8, 4) is 11.1 Å². The van der Waals surface area contributed by atoms with Gasteiger partial charge < -0.3 is 25.4 Å². The summed E-state index contributed by atoms with van der Waals surface area (Å²) in [5.41, 5.74) is 3.08. The Kier molecular flexibility index (Phi) is 8.51. The number of carbonyl (C=O) groups excluding carboxylic acids is 2. The lowest BCUT2D eigenvalue weighted by Gasteiger charge is -2.30. The standard InChI is InChI=1S/C27H35N3O5/c1-5-27(6-2,25(32)33)29-24(31)23(15-16-30(3)4)28-26(34)35-17-22-20-13-9-7-11-18(20)19-12-8-10-14-21(19)22/h7-14,22-23H,5-6,15-17H2,1-4H3,(H,28,34)(H,29,31)(H,32,33). The van der Waals surface area contributed by atoms with Gasteiger partial charge >= 0.3 is 12.1 Å². The fourth-order valence-corrected chi connectivity index (χ4v) is 4.54. The summed E-state index contributed by atoms with van der Waals surface area (Å²) in [5.74, 6) is -1.73. The number of benzene rings is 2. The molecule has 35 heavy (non-hydrogen) atoms. The lowest BCUT2D eigenvalue weighted by Crippen LogP contribution is -2.59. The normalized spacial score (nSPS) is 13.6. The van der Waals surface area contributed by atoms with Crippen molar-refractivity contribution >= 4 is 18.0 Å². The molecule has 0 aliphatic heterocycles. The van der Waals surface area contributed by atoms with E-state index in [1.165, 1.54) is 0 Å². The summed E-state index contributed by atoms with van der Waals surface area (Å²) in [6.45, 7) is 4.09. The van der Waals surface area contributed by atoms with Gasteiger partial charge in [-0.1, -0.05) is 62.4 Å². The van der Waals surface area contributed by atoms with Crippen LogP contribution in [0, 0.1) is 0 Å². The molecule has 8 nitrogen and oxygen atoms in total. The smallest absolute Gasteiger partial charge is 0.407 e. The minimum atomic E-state index is -1.38. The van der Waals surface area contributed by atoms with Crippen LogP contribution >= 0.6 is 0 Å². The average molecular weight is 482 g/mol. The number of carboxylic acid groups (broad SMARTS) is 1. The average Bonchev–Trinajstić information content (AvgIpc) is 3.17. The van der Waals surface area contributed by atoms with Gasteiger partial charge in [0.05, 0.1) is 0 Å². The first-order valence-electron chi connectivity index (χ1n) is 12.0. The Bertz CT molecular complexity index is 1020. The van der Waals surface area contributed by atoms with Crippen LogP contribution in [0.1, 0.15) is 50.2 Å². The molecule has 8 heteroatoms. The molecule has 0 spiro atoms. The van der Waals surface area contributed by atoms with Crippen LogP contribution < -0.4 is 10.6 Å². The molecule has 0 bridgehead atoms. The zero-order valence-electron chi connectivity index (χ0n) is 20.8. The van der Waals surface area contributed by atoms with Gasteiger partial charge in [-0.2, -0.15) is 0 Å². The molecule has 1 unspecified atom stereocenters. The molecule has 3 rings (SSSR count). The van der Waals surface area contributed by atoms with Crippen molar-refractivity contribution in [3.05, 3.63) is 59.7 Å². The molecule has 0 radical (unpaired) electrons. The van der Waals surface area contributed by atoms with Crippen molar-refractivity contribution in [1.82, 2.24) is 15.5 Å². The third-order valence-electron chi connectivity index (χ3n) is 6.80. The van der Waals surface area contributed by atoms with Crippen LogP contribution in [-0.2, 0) is 14.3 Å². The molecule has 0 saturated heterocycles. The van der Waals surface area contributed by atoms with E-state index in [-0.39, 0.29) is 25.4 Å². The number of fused-ring (bicyclic) bond motifs is 3. The maximum absolute atomic E-state index is 13.1. The van der Waals surface area contributed by atoms with Crippen LogP contribution in [0.3, 0.4) is 0 Å². The largest absolute Gasteiger partial charge is 0.480 e. The maximum atomic E-state index is 13.1. The lowest BCUT2D eigenvalue weighted by atomic mass is 9.92. The van der Waals surface area contributed by atoms with Gasteiger partial charge in [-0.3, -0.25) is 4.79 Å². The number of nitrogens with one attached hydrogen (secondary N) is 2. The second-order valence-corrected chi connectivity index (χ2v) is 9.20. The Balaban J connectivity index is 1.70. The van der Waals surface area contributed by atoms with Crippen molar-refractivity contribution in [1.29, 1.82) is 0 Å². The number of carbonyl (C=O) groups is 3. The highest BCUT2D eigenvalue weighted by Crippen LogP contribution is 2.44. The number of hydrogen-bond donors (Lipinski definition) is 3. The summed E-state index contributed by atoms with van der Waals surface area (Å²) in [6.07, 6.45) is 0.0672. The number of amides is 2. The van der Waals surface area contributed by atoms with Gasteiger partial charge in [-0.05, 0) is 62.2 Å². The van der Waals surface area contributed by atoms with Crippen LogP contribution in [0.2, 0.25) is 0 Å². The monoisotopic (exact) mass is 481 g/mol. The molecule has 1 aliphatic rings. The summed E-state index contributed by atoms with van der Waals surface area (Å²) in [4.78, 5) is 39.6. The first-order chi connectivity index (χ1) is 16.7. The van der Waals surface area contributed by atoms with Crippen molar-refractivity contribution in [3.63, 3.8) is 0 Å². The van der Waals surface area contributed by atoms with Gasteiger partial charge in [0.1, 0.15) is 18.2 Å². The second-order valence-electron chi connectivity index (χ2n) is 9.20.